The fraction of sp³-hybridized carbons (Fsp3) is 0.389. The summed E-state index contributed by atoms with van der Waals surface area (Å²) in [5, 5.41) is 13.7. The maximum absolute atomic E-state index is 13.6. The van der Waals surface area contributed by atoms with Gasteiger partial charge in [-0.15, -0.1) is 11.3 Å². The number of benzene rings is 1. The van der Waals surface area contributed by atoms with Crippen LogP contribution >= 0.6 is 23.1 Å². The van der Waals surface area contributed by atoms with Crippen LogP contribution < -0.4 is 5.32 Å². The molecule has 9 heteroatoms. The molecule has 1 aromatic carbocycles. The fourth-order valence-corrected chi connectivity index (χ4v) is 4.80. The molecule has 0 bridgehead atoms. The number of likely N-dealkylation sites (tertiary alicyclic amines) is 1. The summed E-state index contributed by atoms with van der Waals surface area (Å²) in [6, 6.07) is 4.99. The number of amides is 1. The third-order valence-electron chi connectivity index (χ3n) is 4.51. The number of carbonyl (C=O) groups excluding carboxylic acids is 1. The number of nitrogens with zero attached hydrogens (tertiary/aromatic N) is 2. The Bertz CT molecular complexity index is 843. The molecular weight excluding hydrogens is 389 g/mol. The Kier molecular flexibility index (Phi) is 6.33. The molecule has 27 heavy (non-hydrogen) atoms. The molecule has 1 atom stereocenters. The number of aromatic carboxylic acids is 1. The molecule has 3 rings (SSSR count). The summed E-state index contributed by atoms with van der Waals surface area (Å²) in [7, 11) is 0. The van der Waals surface area contributed by atoms with Crippen LogP contribution in [0.2, 0.25) is 0 Å². The fourth-order valence-electron chi connectivity index (χ4n) is 2.99. The first-order valence-corrected chi connectivity index (χ1v) is 10.4. The van der Waals surface area contributed by atoms with Crippen molar-refractivity contribution in [3.8, 4) is 0 Å². The van der Waals surface area contributed by atoms with E-state index in [0.29, 0.717) is 35.2 Å². The summed E-state index contributed by atoms with van der Waals surface area (Å²) < 4.78 is 14.3. The van der Waals surface area contributed by atoms with Crippen LogP contribution in [-0.2, 0) is 4.79 Å². The number of hydrogen-bond acceptors (Lipinski definition) is 6. The highest BCUT2D eigenvalue weighted by Gasteiger charge is 2.30. The van der Waals surface area contributed by atoms with Gasteiger partial charge in [-0.3, -0.25) is 4.79 Å². The topological polar surface area (TPSA) is 82.5 Å². The Hall–Kier alpha value is -2.13. The van der Waals surface area contributed by atoms with Gasteiger partial charge in [-0.25, -0.2) is 14.2 Å². The quantitative estimate of drug-likeness (QED) is 0.650. The van der Waals surface area contributed by atoms with Crippen molar-refractivity contribution < 1.29 is 19.1 Å². The largest absolute Gasteiger partial charge is 0.476 e. The highest BCUT2D eigenvalue weighted by molar-refractivity contribution is 8.01. The number of aromatic nitrogens is 1. The van der Waals surface area contributed by atoms with Gasteiger partial charge in [0, 0.05) is 47.9 Å². The molecule has 2 N–H and O–H groups in total. The molecule has 1 fully saturated rings. The molecule has 0 radical (unpaired) electrons. The van der Waals surface area contributed by atoms with E-state index in [1.165, 1.54) is 34.5 Å². The van der Waals surface area contributed by atoms with Gasteiger partial charge in [-0.2, -0.15) is 0 Å². The van der Waals surface area contributed by atoms with Gasteiger partial charge < -0.3 is 15.3 Å². The zero-order chi connectivity index (χ0) is 19.4. The van der Waals surface area contributed by atoms with Crippen LogP contribution in [0, 0.1) is 12.7 Å². The molecule has 1 aromatic heterocycles. The first kappa shape index (κ1) is 19.6. The summed E-state index contributed by atoms with van der Waals surface area (Å²) >= 11 is 2.74. The van der Waals surface area contributed by atoms with E-state index >= 15 is 0 Å². The maximum atomic E-state index is 13.6. The predicted molar refractivity (Wildman–Crippen MR) is 104 cm³/mol. The lowest BCUT2D eigenvalue weighted by Crippen LogP contribution is -2.39. The van der Waals surface area contributed by atoms with Gasteiger partial charge >= 0.3 is 5.97 Å². The number of carbonyl (C=O) groups is 2. The van der Waals surface area contributed by atoms with E-state index in [2.05, 4.69) is 10.3 Å². The molecular formula is C18H20FN3O3S2. The number of halogens is 1. The molecule has 144 valence electrons. The highest BCUT2D eigenvalue weighted by Crippen LogP contribution is 2.25. The monoisotopic (exact) mass is 409 g/mol. The third-order valence-corrected chi connectivity index (χ3v) is 6.51. The third kappa shape index (κ3) is 4.78. The predicted octanol–water partition coefficient (Wildman–Crippen LogP) is 3.48. The minimum Gasteiger partial charge on any atom is -0.476 e. The number of thiazole rings is 1. The van der Waals surface area contributed by atoms with Crippen molar-refractivity contribution in [3.63, 3.8) is 0 Å². The van der Waals surface area contributed by atoms with E-state index in [0.717, 1.165) is 12.1 Å². The second-order valence-electron chi connectivity index (χ2n) is 6.23. The first-order valence-electron chi connectivity index (χ1n) is 8.56. The number of nitrogens with one attached hydrogen (secondary N) is 1. The molecule has 0 unspecified atom stereocenters. The van der Waals surface area contributed by atoms with Crippen molar-refractivity contribution >= 4 is 40.7 Å². The van der Waals surface area contributed by atoms with Gasteiger partial charge in [0.1, 0.15) is 5.82 Å². The normalized spacial score (nSPS) is 16.7. The number of thioether (sulfide) groups is 1. The molecule has 2 heterocycles. The first-order chi connectivity index (χ1) is 13.0. The number of hydrogen-bond donors (Lipinski definition) is 2. The van der Waals surface area contributed by atoms with E-state index < -0.39 is 5.97 Å². The standard InChI is InChI=1S/C18H20FN3O3S2/c1-11-13(19)3-2-4-14(11)20-9-12-5-6-16(23)22(12)7-8-26-18-21-15(10-27-18)17(24)25/h2-4,10,12,20H,5-9H2,1H3,(H,24,25)/t12-/m1/s1. The van der Waals surface area contributed by atoms with Crippen molar-refractivity contribution in [2.75, 3.05) is 24.2 Å². The molecule has 2 aromatic rings. The van der Waals surface area contributed by atoms with E-state index in [1.54, 1.807) is 13.0 Å². The molecule has 1 aliphatic heterocycles. The van der Waals surface area contributed by atoms with Crippen LogP contribution in [0.25, 0.3) is 0 Å². The minimum atomic E-state index is -1.04. The van der Waals surface area contributed by atoms with Crippen molar-refractivity contribution in [1.82, 2.24) is 9.88 Å². The molecule has 6 nitrogen and oxygen atoms in total. The second-order valence-corrected chi connectivity index (χ2v) is 8.43. The van der Waals surface area contributed by atoms with Crippen LogP contribution in [0.3, 0.4) is 0 Å². The van der Waals surface area contributed by atoms with Gasteiger partial charge in [0.2, 0.25) is 5.91 Å². The zero-order valence-electron chi connectivity index (χ0n) is 14.8. The van der Waals surface area contributed by atoms with Gasteiger partial charge in [0.05, 0.1) is 0 Å². The molecule has 0 saturated carbocycles. The number of carboxylic acids is 1. The Labute approximate surface area is 164 Å². The van der Waals surface area contributed by atoms with Gasteiger partial charge in [0.25, 0.3) is 0 Å². The molecule has 0 aliphatic carbocycles. The van der Waals surface area contributed by atoms with E-state index in [9.17, 15) is 14.0 Å². The summed E-state index contributed by atoms with van der Waals surface area (Å²) in [6.07, 6.45) is 1.28. The SMILES string of the molecule is Cc1c(F)cccc1NC[C@H]1CCC(=O)N1CCSc1nc(C(=O)O)cs1. The van der Waals surface area contributed by atoms with Crippen molar-refractivity contribution in [3.05, 3.63) is 40.7 Å². The Morgan fingerprint density at radius 1 is 1.52 bits per heavy atom. The van der Waals surface area contributed by atoms with Gasteiger partial charge in [-0.1, -0.05) is 17.8 Å². The lowest BCUT2D eigenvalue weighted by Gasteiger charge is -2.25. The number of anilines is 1. The van der Waals surface area contributed by atoms with Crippen LogP contribution in [0.5, 0.6) is 0 Å². The molecule has 1 saturated heterocycles. The summed E-state index contributed by atoms with van der Waals surface area (Å²) in [5.41, 5.74) is 1.36. The summed E-state index contributed by atoms with van der Waals surface area (Å²) in [4.78, 5) is 28.9. The summed E-state index contributed by atoms with van der Waals surface area (Å²) in [6.45, 7) is 2.87. The maximum Gasteiger partial charge on any atom is 0.355 e. The lowest BCUT2D eigenvalue weighted by molar-refractivity contribution is -0.128. The van der Waals surface area contributed by atoms with E-state index in [-0.39, 0.29) is 23.5 Å². The smallest absolute Gasteiger partial charge is 0.355 e. The van der Waals surface area contributed by atoms with Gasteiger partial charge in [-0.05, 0) is 25.5 Å². The average Bonchev–Trinajstić information content (AvgIpc) is 3.24. The number of carboxylic acid groups (broad SMARTS) is 1. The zero-order valence-corrected chi connectivity index (χ0v) is 16.4. The van der Waals surface area contributed by atoms with Crippen molar-refractivity contribution in [1.29, 1.82) is 0 Å². The Morgan fingerprint density at radius 2 is 2.33 bits per heavy atom. The minimum absolute atomic E-state index is 0.0484. The van der Waals surface area contributed by atoms with Crippen molar-refractivity contribution in [2.45, 2.75) is 30.1 Å². The van der Waals surface area contributed by atoms with E-state index in [4.69, 9.17) is 5.11 Å². The Balaban J connectivity index is 1.52. The van der Waals surface area contributed by atoms with Crippen LogP contribution in [-0.4, -0.2) is 51.8 Å². The lowest BCUT2D eigenvalue weighted by atomic mass is 10.1. The van der Waals surface area contributed by atoms with Gasteiger partial charge in [0.15, 0.2) is 10.0 Å². The molecule has 1 amide bonds. The van der Waals surface area contributed by atoms with Crippen LogP contribution in [0.15, 0.2) is 27.9 Å². The average molecular weight is 410 g/mol. The van der Waals surface area contributed by atoms with Crippen molar-refractivity contribution in [2.24, 2.45) is 0 Å². The number of rotatable bonds is 8. The summed E-state index contributed by atoms with van der Waals surface area (Å²) in [5.74, 6) is -0.524. The highest BCUT2D eigenvalue weighted by atomic mass is 32.2. The van der Waals surface area contributed by atoms with Crippen LogP contribution in [0.4, 0.5) is 10.1 Å². The Morgan fingerprint density at radius 3 is 3.07 bits per heavy atom. The molecule has 1 aliphatic rings. The molecule has 0 spiro atoms. The van der Waals surface area contributed by atoms with E-state index in [1.807, 2.05) is 11.0 Å². The van der Waals surface area contributed by atoms with Crippen LogP contribution in [0.1, 0.15) is 28.9 Å². The second kappa shape index (κ2) is 8.71.